The van der Waals surface area contributed by atoms with Crippen LogP contribution in [0.3, 0.4) is 0 Å². The van der Waals surface area contributed by atoms with Gasteiger partial charge in [-0.1, -0.05) is 17.7 Å². The van der Waals surface area contributed by atoms with E-state index in [1.54, 1.807) is 6.07 Å². The molecule has 2 nitrogen and oxygen atoms in total. The van der Waals surface area contributed by atoms with Gasteiger partial charge in [0.25, 0.3) is 0 Å². The van der Waals surface area contributed by atoms with Crippen LogP contribution in [0.1, 0.15) is 12.5 Å². The zero-order chi connectivity index (χ0) is 9.84. The zero-order valence-corrected chi connectivity index (χ0v) is 7.77. The normalized spacial score (nSPS) is 9.77. The molecule has 70 valence electrons. The molecule has 0 spiro atoms. The minimum Gasteiger partial charge on any atom is -0.461 e. The highest BCUT2D eigenvalue weighted by Crippen LogP contribution is 2.15. The van der Waals surface area contributed by atoms with Crippen LogP contribution in [-0.2, 0) is 16.1 Å². The fourth-order valence-electron chi connectivity index (χ4n) is 0.814. The number of hydrogen-bond donors (Lipinski definition) is 0. The lowest BCUT2D eigenvalue weighted by Crippen LogP contribution is -1.98. The summed E-state index contributed by atoms with van der Waals surface area (Å²) < 4.78 is 17.5. The second-order valence-electron chi connectivity index (χ2n) is 2.53. The van der Waals surface area contributed by atoms with Crippen molar-refractivity contribution < 1.29 is 13.9 Å². The molecule has 0 saturated carbocycles. The summed E-state index contributed by atoms with van der Waals surface area (Å²) in [4.78, 5) is 10.4. The number of carbonyl (C=O) groups excluding carboxylic acids is 1. The Balaban J connectivity index is 2.68. The van der Waals surface area contributed by atoms with Gasteiger partial charge in [0.05, 0.1) is 5.02 Å². The Bertz CT molecular complexity index is 325. The van der Waals surface area contributed by atoms with Gasteiger partial charge in [0.15, 0.2) is 0 Å². The van der Waals surface area contributed by atoms with Gasteiger partial charge in [0, 0.05) is 6.92 Å². The minimum atomic E-state index is -0.508. The molecule has 0 aliphatic rings. The van der Waals surface area contributed by atoms with Gasteiger partial charge in [0.1, 0.15) is 12.4 Å². The molecular formula is C9H8ClFO2. The summed E-state index contributed by atoms with van der Waals surface area (Å²) in [5.74, 6) is -0.901. The predicted molar refractivity (Wildman–Crippen MR) is 46.9 cm³/mol. The Kier molecular flexibility index (Phi) is 3.25. The minimum absolute atomic E-state index is 0.0616. The second-order valence-corrected chi connectivity index (χ2v) is 2.94. The molecular weight excluding hydrogens is 195 g/mol. The summed E-state index contributed by atoms with van der Waals surface area (Å²) in [7, 11) is 0. The van der Waals surface area contributed by atoms with E-state index in [1.807, 2.05) is 0 Å². The van der Waals surface area contributed by atoms with Crippen LogP contribution in [0.25, 0.3) is 0 Å². The smallest absolute Gasteiger partial charge is 0.302 e. The SMILES string of the molecule is CC(=O)OCc1ccc(Cl)c(F)c1. The van der Waals surface area contributed by atoms with Crippen molar-refractivity contribution in [2.45, 2.75) is 13.5 Å². The van der Waals surface area contributed by atoms with Crippen LogP contribution >= 0.6 is 11.6 Å². The van der Waals surface area contributed by atoms with Gasteiger partial charge >= 0.3 is 5.97 Å². The molecule has 0 atom stereocenters. The van der Waals surface area contributed by atoms with Crippen LogP contribution in [0.5, 0.6) is 0 Å². The molecule has 0 saturated heterocycles. The Morgan fingerprint density at radius 3 is 2.85 bits per heavy atom. The topological polar surface area (TPSA) is 26.3 Å². The maximum Gasteiger partial charge on any atom is 0.302 e. The van der Waals surface area contributed by atoms with Crippen LogP contribution in [0.15, 0.2) is 18.2 Å². The number of benzene rings is 1. The lowest BCUT2D eigenvalue weighted by molar-refractivity contribution is -0.142. The molecule has 0 bridgehead atoms. The Morgan fingerprint density at radius 1 is 1.62 bits per heavy atom. The number of esters is 1. The van der Waals surface area contributed by atoms with Crippen molar-refractivity contribution >= 4 is 17.6 Å². The molecule has 0 amide bonds. The van der Waals surface area contributed by atoms with Crippen LogP contribution in [-0.4, -0.2) is 5.97 Å². The molecule has 13 heavy (non-hydrogen) atoms. The molecule has 1 aromatic carbocycles. The molecule has 1 rings (SSSR count). The number of hydrogen-bond acceptors (Lipinski definition) is 2. The number of rotatable bonds is 2. The summed E-state index contributed by atoms with van der Waals surface area (Å²) in [6.07, 6.45) is 0. The van der Waals surface area contributed by atoms with Gasteiger partial charge in [-0.25, -0.2) is 4.39 Å². The second kappa shape index (κ2) is 4.23. The third kappa shape index (κ3) is 3.03. The van der Waals surface area contributed by atoms with E-state index in [0.717, 1.165) is 0 Å². The average molecular weight is 203 g/mol. The maximum atomic E-state index is 12.8. The van der Waals surface area contributed by atoms with Gasteiger partial charge in [-0.2, -0.15) is 0 Å². The molecule has 0 unspecified atom stereocenters. The van der Waals surface area contributed by atoms with Gasteiger partial charge in [0.2, 0.25) is 0 Å². The van der Waals surface area contributed by atoms with E-state index in [4.69, 9.17) is 11.6 Å². The van der Waals surface area contributed by atoms with Crippen molar-refractivity contribution in [3.8, 4) is 0 Å². The van der Waals surface area contributed by atoms with E-state index in [0.29, 0.717) is 5.56 Å². The molecule has 0 radical (unpaired) electrons. The first-order valence-corrected chi connectivity index (χ1v) is 4.04. The van der Waals surface area contributed by atoms with E-state index in [9.17, 15) is 9.18 Å². The summed E-state index contributed by atoms with van der Waals surface area (Å²) in [6.45, 7) is 1.37. The molecule has 4 heteroatoms. The highest BCUT2D eigenvalue weighted by atomic mass is 35.5. The predicted octanol–water partition coefficient (Wildman–Crippen LogP) is 2.54. The van der Waals surface area contributed by atoms with Crippen molar-refractivity contribution in [3.05, 3.63) is 34.6 Å². The van der Waals surface area contributed by atoms with Crippen molar-refractivity contribution in [3.63, 3.8) is 0 Å². The molecule has 0 fully saturated rings. The van der Waals surface area contributed by atoms with E-state index in [2.05, 4.69) is 4.74 Å². The Morgan fingerprint density at radius 2 is 2.31 bits per heavy atom. The highest BCUT2D eigenvalue weighted by Gasteiger charge is 2.01. The fourth-order valence-corrected chi connectivity index (χ4v) is 0.932. The highest BCUT2D eigenvalue weighted by molar-refractivity contribution is 6.30. The van der Waals surface area contributed by atoms with Gasteiger partial charge in [-0.05, 0) is 17.7 Å². The Labute approximate surface area is 80.3 Å². The third-order valence-electron chi connectivity index (χ3n) is 1.43. The van der Waals surface area contributed by atoms with E-state index in [-0.39, 0.29) is 11.6 Å². The van der Waals surface area contributed by atoms with Crippen LogP contribution < -0.4 is 0 Å². The van der Waals surface area contributed by atoms with Gasteiger partial charge < -0.3 is 4.74 Å². The molecule has 0 aliphatic heterocycles. The zero-order valence-electron chi connectivity index (χ0n) is 7.01. The molecule has 0 aliphatic carbocycles. The summed E-state index contributed by atoms with van der Waals surface area (Å²) in [5.41, 5.74) is 0.581. The molecule has 0 aromatic heterocycles. The van der Waals surface area contributed by atoms with E-state index >= 15 is 0 Å². The first-order valence-electron chi connectivity index (χ1n) is 3.67. The van der Waals surface area contributed by atoms with Crippen molar-refractivity contribution in [2.75, 3.05) is 0 Å². The first kappa shape index (κ1) is 9.99. The van der Waals surface area contributed by atoms with Gasteiger partial charge in [-0.15, -0.1) is 0 Å². The molecule has 0 N–H and O–H groups in total. The lowest BCUT2D eigenvalue weighted by atomic mass is 10.2. The van der Waals surface area contributed by atoms with Gasteiger partial charge in [-0.3, -0.25) is 4.79 Å². The number of carbonyl (C=O) groups is 1. The van der Waals surface area contributed by atoms with E-state index < -0.39 is 11.8 Å². The fraction of sp³-hybridized carbons (Fsp3) is 0.222. The lowest BCUT2D eigenvalue weighted by Gasteiger charge is -2.02. The largest absolute Gasteiger partial charge is 0.461 e. The van der Waals surface area contributed by atoms with Crippen LogP contribution in [0.4, 0.5) is 4.39 Å². The maximum absolute atomic E-state index is 12.8. The summed E-state index contributed by atoms with van der Waals surface area (Å²) >= 11 is 5.46. The standard InChI is InChI=1S/C9H8ClFO2/c1-6(12)13-5-7-2-3-8(10)9(11)4-7/h2-4H,5H2,1H3. The third-order valence-corrected chi connectivity index (χ3v) is 1.73. The monoisotopic (exact) mass is 202 g/mol. The van der Waals surface area contributed by atoms with Crippen molar-refractivity contribution in [1.29, 1.82) is 0 Å². The first-order chi connectivity index (χ1) is 6.09. The van der Waals surface area contributed by atoms with Crippen LogP contribution in [0.2, 0.25) is 5.02 Å². The quantitative estimate of drug-likeness (QED) is 0.689. The van der Waals surface area contributed by atoms with Crippen molar-refractivity contribution in [2.24, 2.45) is 0 Å². The van der Waals surface area contributed by atoms with E-state index in [1.165, 1.54) is 19.1 Å². The van der Waals surface area contributed by atoms with Crippen molar-refractivity contribution in [1.82, 2.24) is 0 Å². The van der Waals surface area contributed by atoms with Crippen LogP contribution in [0, 0.1) is 5.82 Å². The Hall–Kier alpha value is -1.09. The number of halogens is 2. The number of ether oxygens (including phenoxy) is 1. The summed E-state index contributed by atoms with van der Waals surface area (Å²) in [5, 5.41) is 0.0616. The summed E-state index contributed by atoms with van der Waals surface area (Å²) in [6, 6.07) is 4.27. The molecule has 1 aromatic rings. The average Bonchev–Trinajstić information content (AvgIpc) is 2.07. The molecule has 0 heterocycles.